The Labute approximate surface area is 379 Å². The molecule has 0 atom stereocenters. The molecule has 304 valence electrons. The average molecular weight is 836 g/mol. The monoisotopic (exact) mass is 835 g/mol. The summed E-state index contributed by atoms with van der Waals surface area (Å²) >= 11 is 1.86. The fourth-order valence-electron chi connectivity index (χ4n) is 10.0. The van der Waals surface area contributed by atoms with Gasteiger partial charge in [0.1, 0.15) is 0 Å². The highest BCUT2D eigenvalue weighted by atomic mass is 32.1. The van der Waals surface area contributed by atoms with Gasteiger partial charge in [-0.05, 0) is 105 Å². The third-order valence-electron chi connectivity index (χ3n) is 12.9. The van der Waals surface area contributed by atoms with Gasteiger partial charge in [-0.15, -0.1) is 11.3 Å². The summed E-state index contributed by atoms with van der Waals surface area (Å²) in [6.07, 6.45) is 8.08. The van der Waals surface area contributed by atoms with Crippen LogP contribution in [0.5, 0.6) is 0 Å². The Morgan fingerprint density at radius 1 is 0.469 bits per heavy atom. The second kappa shape index (κ2) is 16.5. The highest BCUT2D eigenvalue weighted by Crippen LogP contribution is 2.58. The van der Waals surface area contributed by atoms with Crippen molar-refractivity contribution >= 4 is 54.1 Å². The van der Waals surface area contributed by atoms with Crippen molar-refractivity contribution in [2.45, 2.75) is 12.3 Å². The summed E-state index contributed by atoms with van der Waals surface area (Å²) in [6, 6.07) is 80.6. The van der Waals surface area contributed by atoms with Crippen LogP contribution in [0.25, 0.3) is 59.1 Å². The first-order valence-corrected chi connectivity index (χ1v) is 22.8. The third-order valence-corrected chi connectivity index (χ3v) is 14.1. The van der Waals surface area contributed by atoms with Gasteiger partial charge in [0.05, 0.1) is 11.1 Å². The SMILES string of the molecule is C=C/C=C\C=C(/C)c1cccc(-c2ccccc2)c1N(c1ccc(-c2ccc3sc4ccccc4c3c2)cc1)c1ccc2c(c1)C(c1ccccc1)(c1ccccc1)c1ccccc1-2. The molecule has 1 aliphatic carbocycles. The fourth-order valence-corrected chi connectivity index (χ4v) is 11.1. The molecule has 11 rings (SSSR count). The summed E-state index contributed by atoms with van der Waals surface area (Å²) in [4.78, 5) is 2.50. The Hall–Kier alpha value is -7.78. The molecule has 64 heavy (non-hydrogen) atoms. The molecule has 1 aromatic heterocycles. The summed E-state index contributed by atoms with van der Waals surface area (Å²) in [7, 11) is 0. The maximum Gasteiger partial charge on any atom is 0.0714 e. The zero-order valence-corrected chi connectivity index (χ0v) is 36.5. The van der Waals surface area contributed by atoms with E-state index in [4.69, 9.17) is 0 Å². The number of hydrogen-bond donors (Lipinski definition) is 0. The predicted molar refractivity (Wildman–Crippen MR) is 275 cm³/mol. The minimum Gasteiger partial charge on any atom is -0.309 e. The number of hydrogen-bond acceptors (Lipinski definition) is 2. The molecule has 0 amide bonds. The molecule has 0 unspecified atom stereocenters. The van der Waals surface area contributed by atoms with Gasteiger partial charge in [0.2, 0.25) is 0 Å². The van der Waals surface area contributed by atoms with Gasteiger partial charge >= 0.3 is 0 Å². The number of para-hydroxylation sites is 1. The van der Waals surface area contributed by atoms with Crippen LogP contribution in [0.1, 0.15) is 34.7 Å². The van der Waals surface area contributed by atoms with E-state index in [-0.39, 0.29) is 0 Å². The van der Waals surface area contributed by atoms with E-state index >= 15 is 0 Å². The van der Waals surface area contributed by atoms with Crippen molar-refractivity contribution in [1.82, 2.24) is 0 Å². The third kappa shape index (κ3) is 6.54. The molecule has 2 heteroatoms. The van der Waals surface area contributed by atoms with E-state index < -0.39 is 5.41 Å². The van der Waals surface area contributed by atoms with Gasteiger partial charge in [-0.2, -0.15) is 0 Å². The molecule has 0 saturated carbocycles. The molecule has 10 aromatic rings. The van der Waals surface area contributed by atoms with E-state index in [1.54, 1.807) is 0 Å². The molecule has 0 bridgehead atoms. The van der Waals surface area contributed by atoms with Crippen molar-refractivity contribution in [2.75, 3.05) is 4.90 Å². The van der Waals surface area contributed by atoms with E-state index in [0.717, 1.165) is 39.3 Å². The van der Waals surface area contributed by atoms with Crippen LogP contribution in [-0.2, 0) is 5.41 Å². The Kier molecular flexibility index (Phi) is 10.1. The minimum atomic E-state index is -0.544. The van der Waals surface area contributed by atoms with E-state index in [1.165, 1.54) is 64.7 Å². The first kappa shape index (κ1) is 39.1. The first-order chi connectivity index (χ1) is 31.6. The minimum absolute atomic E-state index is 0.544. The highest BCUT2D eigenvalue weighted by Gasteiger charge is 2.46. The number of benzene rings is 9. The lowest BCUT2D eigenvalue weighted by molar-refractivity contribution is 0.768. The summed E-state index contributed by atoms with van der Waals surface area (Å²) in [5.74, 6) is 0. The summed E-state index contributed by atoms with van der Waals surface area (Å²) in [5.41, 5.74) is 17.3. The van der Waals surface area contributed by atoms with Crippen molar-refractivity contribution < 1.29 is 0 Å². The average Bonchev–Trinajstić information content (AvgIpc) is 3.88. The quantitative estimate of drug-likeness (QED) is 0.124. The Balaban J connectivity index is 1.17. The van der Waals surface area contributed by atoms with Gasteiger partial charge < -0.3 is 4.90 Å². The maximum absolute atomic E-state index is 3.94. The van der Waals surface area contributed by atoms with E-state index in [0.29, 0.717) is 0 Å². The molecule has 0 aliphatic heterocycles. The smallest absolute Gasteiger partial charge is 0.0714 e. The number of anilines is 3. The maximum atomic E-state index is 3.94. The van der Waals surface area contributed by atoms with Crippen LogP contribution in [0, 0.1) is 0 Å². The summed E-state index contributed by atoms with van der Waals surface area (Å²) in [5, 5.41) is 2.61. The molecule has 0 spiro atoms. The lowest BCUT2D eigenvalue weighted by Gasteiger charge is -2.35. The number of fused-ring (bicyclic) bond motifs is 6. The highest BCUT2D eigenvalue weighted by molar-refractivity contribution is 7.25. The molecular formula is C62H45NS. The Morgan fingerprint density at radius 3 is 1.83 bits per heavy atom. The standard InChI is InChI=1S/C62H45NS/c1-3-4-8-20-43(2)51-29-19-30-52(45-21-9-5-10-22-45)61(51)63(49-36-33-44(34-37-49)46-35-40-60-56(41-46)55-28-16-18-32-59(55)64-60)50-38-39-54-53-27-15-17-31-57(53)62(58(54)42-50,47-23-11-6-12-24-47)48-25-13-7-14-26-48/h3-42H,1H2,2H3/b8-4-,43-20+. The van der Waals surface area contributed by atoms with Gasteiger partial charge in [0.25, 0.3) is 0 Å². The summed E-state index contributed by atoms with van der Waals surface area (Å²) < 4.78 is 2.63. The van der Waals surface area contributed by atoms with Crippen molar-refractivity contribution in [2.24, 2.45) is 0 Å². The van der Waals surface area contributed by atoms with Crippen LogP contribution in [0.3, 0.4) is 0 Å². The molecule has 9 aromatic carbocycles. The molecule has 1 aliphatic rings. The molecule has 0 fully saturated rings. The zero-order valence-electron chi connectivity index (χ0n) is 35.7. The molecule has 0 N–H and O–H groups in total. The van der Waals surface area contributed by atoms with Crippen molar-refractivity contribution in [3.8, 4) is 33.4 Å². The van der Waals surface area contributed by atoms with Gasteiger partial charge in [-0.1, -0.05) is 207 Å². The van der Waals surface area contributed by atoms with Crippen LogP contribution in [0.2, 0.25) is 0 Å². The van der Waals surface area contributed by atoms with Crippen LogP contribution < -0.4 is 4.90 Å². The van der Waals surface area contributed by atoms with Crippen LogP contribution in [-0.4, -0.2) is 0 Å². The van der Waals surface area contributed by atoms with Crippen LogP contribution >= 0.6 is 11.3 Å². The van der Waals surface area contributed by atoms with Gasteiger partial charge in [-0.25, -0.2) is 0 Å². The second-order valence-electron chi connectivity index (χ2n) is 16.5. The molecule has 1 nitrogen and oxygen atoms in total. The normalized spacial score (nSPS) is 13.0. The number of thiophene rings is 1. The van der Waals surface area contributed by atoms with Gasteiger partial charge in [0.15, 0.2) is 0 Å². The second-order valence-corrected chi connectivity index (χ2v) is 17.6. The topological polar surface area (TPSA) is 3.24 Å². The molecular weight excluding hydrogens is 791 g/mol. The van der Waals surface area contributed by atoms with Crippen LogP contribution in [0.4, 0.5) is 17.1 Å². The summed E-state index contributed by atoms with van der Waals surface area (Å²) in [6.45, 7) is 6.15. The van der Waals surface area contributed by atoms with Gasteiger partial charge in [0, 0.05) is 42.7 Å². The van der Waals surface area contributed by atoms with Crippen molar-refractivity contribution in [3.05, 3.63) is 277 Å². The number of rotatable bonds is 10. The number of allylic oxidation sites excluding steroid dienone is 5. The van der Waals surface area contributed by atoms with Crippen LogP contribution in [0.15, 0.2) is 249 Å². The first-order valence-electron chi connectivity index (χ1n) is 22.0. The molecule has 0 saturated heterocycles. The van der Waals surface area contributed by atoms with Crippen molar-refractivity contribution in [1.29, 1.82) is 0 Å². The van der Waals surface area contributed by atoms with E-state index in [2.05, 4.69) is 249 Å². The Morgan fingerprint density at radius 2 is 1.08 bits per heavy atom. The Bertz CT molecular complexity index is 3350. The number of nitrogens with zero attached hydrogens (tertiary/aromatic N) is 1. The molecule has 0 radical (unpaired) electrons. The lowest BCUT2D eigenvalue weighted by Crippen LogP contribution is -2.28. The fraction of sp³-hybridized carbons (Fsp3) is 0.0323. The van der Waals surface area contributed by atoms with E-state index in [9.17, 15) is 0 Å². The lowest BCUT2D eigenvalue weighted by atomic mass is 9.67. The molecule has 1 heterocycles. The van der Waals surface area contributed by atoms with Gasteiger partial charge in [-0.3, -0.25) is 0 Å². The van der Waals surface area contributed by atoms with E-state index in [1.807, 2.05) is 23.5 Å². The predicted octanol–water partition coefficient (Wildman–Crippen LogP) is 17.4. The van der Waals surface area contributed by atoms with Crippen molar-refractivity contribution in [3.63, 3.8) is 0 Å². The zero-order chi connectivity index (χ0) is 43.0. The largest absolute Gasteiger partial charge is 0.309 e.